The summed E-state index contributed by atoms with van der Waals surface area (Å²) in [5.74, 6) is 1.04. The lowest BCUT2D eigenvalue weighted by Gasteiger charge is -2.06. The lowest BCUT2D eigenvalue weighted by atomic mass is 10.3. The molecule has 7 heteroatoms. The first kappa shape index (κ1) is 12.8. The first-order chi connectivity index (χ1) is 8.65. The molecule has 1 unspecified atom stereocenters. The summed E-state index contributed by atoms with van der Waals surface area (Å²) in [6.45, 7) is 0. The quantitative estimate of drug-likeness (QED) is 0.875. The highest BCUT2D eigenvalue weighted by Crippen LogP contribution is 2.27. The van der Waals surface area contributed by atoms with Crippen LogP contribution in [0.2, 0.25) is 5.02 Å². The van der Waals surface area contributed by atoms with Gasteiger partial charge >= 0.3 is 11.4 Å². The summed E-state index contributed by atoms with van der Waals surface area (Å²) in [5, 5.41) is 0.397. The largest absolute Gasteiger partial charge is 0.438 e. The zero-order valence-corrected chi connectivity index (χ0v) is 10.5. The third kappa shape index (κ3) is 3.43. The summed E-state index contributed by atoms with van der Waals surface area (Å²) in [4.78, 5) is 3.97. The number of nitrogens with zero attached hydrogens (tertiary/aromatic N) is 1. The van der Waals surface area contributed by atoms with E-state index in [4.69, 9.17) is 20.9 Å². The topological polar surface area (TPSA) is 68.7 Å². The van der Waals surface area contributed by atoms with Gasteiger partial charge in [-0.15, -0.1) is 0 Å². The molecule has 1 aromatic heterocycles. The third-order valence-corrected chi connectivity index (χ3v) is 2.55. The van der Waals surface area contributed by atoms with E-state index in [-0.39, 0.29) is 5.75 Å². The Labute approximate surface area is 111 Å². The lowest BCUT2D eigenvalue weighted by Crippen LogP contribution is -1.97. The van der Waals surface area contributed by atoms with Gasteiger partial charge in [-0.25, -0.2) is 4.98 Å². The maximum absolute atomic E-state index is 10.4. The average Bonchev–Trinajstić information content (AvgIpc) is 2.34. The summed E-state index contributed by atoms with van der Waals surface area (Å²) in [6, 6.07) is 9.51. The molecule has 0 saturated heterocycles. The molecular weight excluding hydrogens is 278 g/mol. The van der Waals surface area contributed by atoms with Gasteiger partial charge in [-0.05, 0) is 36.4 Å². The fourth-order valence-electron chi connectivity index (χ4n) is 1.20. The monoisotopic (exact) mass is 285 g/mol. The second-order valence-electron chi connectivity index (χ2n) is 3.16. The van der Waals surface area contributed by atoms with Gasteiger partial charge in [0, 0.05) is 6.20 Å². The average molecular weight is 286 g/mol. The third-order valence-electron chi connectivity index (χ3n) is 1.93. The summed E-state index contributed by atoms with van der Waals surface area (Å²) in [6.07, 6.45) is 1.56. The van der Waals surface area contributed by atoms with Crippen molar-refractivity contribution in [2.75, 3.05) is 0 Å². The van der Waals surface area contributed by atoms with Crippen molar-refractivity contribution in [2.45, 2.75) is 0 Å². The Morgan fingerprint density at radius 1 is 1.17 bits per heavy atom. The second-order valence-corrected chi connectivity index (χ2v) is 4.17. The molecule has 0 spiro atoms. The Hall–Kier alpha value is -1.63. The molecule has 18 heavy (non-hydrogen) atoms. The van der Waals surface area contributed by atoms with Crippen LogP contribution in [0.5, 0.6) is 17.4 Å². The molecule has 1 atom stereocenters. The molecule has 0 aliphatic heterocycles. The number of hydrogen-bond acceptors (Lipinski definition) is 4. The molecule has 2 rings (SSSR count). The zero-order valence-electron chi connectivity index (χ0n) is 8.95. The number of hydrogen-bond donors (Lipinski definition) is 1. The van der Waals surface area contributed by atoms with Crippen LogP contribution in [-0.4, -0.2) is 13.7 Å². The van der Waals surface area contributed by atoms with Gasteiger partial charge in [-0.2, -0.15) is 4.21 Å². The van der Waals surface area contributed by atoms with Crippen LogP contribution in [0.1, 0.15) is 0 Å². The SMILES string of the molecule is O=S(O)Oc1ccc(Oc2ncccc2Cl)cc1. The molecule has 0 radical (unpaired) electrons. The van der Waals surface area contributed by atoms with E-state index >= 15 is 0 Å². The highest BCUT2D eigenvalue weighted by Gasteiger charge is 2.04. The van der Waals surface area contributed by atoms with E-state index in [1.165, 1.54) is 12.1 Å². The van der Waals surface area contributed by atoms with Crippen LogP contribution in [0, 0.1) is 0 Å². The van der Waals surface area contributed by atoms with Crippen molar-refractivity contribution in [3.63, 3.8) is 0 Å². The highest BCUT2D eigenvalue weighted by atomic mass is 35.5. The number of rotatable bonds is 4. The minimum absolute atomic E-state index is 0.260. The number of pyridine rings is 1. The molecule has 5 nitrogen and oxygen atoms in total. The molecule has 0 fully saturated rings. The van der Waals surface area contributed by atoms with Crippen LogP contribution in [0.4, 0.5) is 0 Å². The lowest BCUT2D eigenvalue weighted by molar-refractivity contribution is 0.451. The van der Waals surface area contributed by atoms with Crippen LogP contribution in [0.15, 0.2) is 42.6 Å². The Kier molecular flexibility index (Phi) is 4.14. The second kappa shape index (κ2) is 5.81. The van der Waals surface area contributed by atoms with E-state index in [1.54, 1.807) is 30.5 Å². The van der Waals surface area contributed by atoms with Gasteiger partial charge in [0.1, 0.15) is 16.5 Å². The Morgan fingerprint density at radius 3 is 2.44 bits per heavy atom. The summed E-state index contributed by atoms with van der Waals surface area (Å²) in [5.41, 5.74) is 0. The molecule has 2 aromatic rings. The normalized spacial score (nSPS) is 11.9. The van der Waals surface area contributed by atoms with Gasteiger partial charge in [-0.1, -0.05) is 11.6 Å². The standard InChI is InChI=1S/C11H8ClNO4S/c12-10-2-1-7-13-11(10)16-8-3-5-9(6-4-8)17-18(14)15/h1-7H,(H,14,15). The Bertz CT molecular complexity index is 561. The van der Waals surface area contributed by atoms with Crippen LogP contribution in [-0.2, 0) is 11.4 Å². The van der Waals surface area contributed by atoms with E-state index in [0.717, 1.165) is 0 Å². The maximum Gasteiger partial charge on any atom is 0.357 e. The predicted octanol–water partition coefficient (Wildman–Crippen LogP) is 3.04. The van der Waals surface area contributed by atoms with Crippen molar-refractivity contribution in [1.29, 1.82) is 0 Å². The molecule has 94 valence electrons. The van der Waals surface area contributed by atoms with Gasteiger partial charge in [0.25, 0.3) is 0 Å². The Morgan fingerprint density at radius 2 is 1.83 bits per heavy atom. The first-order valence-corrected chi connectivity index (χ1v) is 6.24. The summed E-state index contributed by atoms with van der Waals surface area (Å²) in [7, 11) is 0. The molecule has 1 aromatic carbocycles. The minimum Gasteiger partial charge on any atom is -0.438 e. The van der Waals surface area contributed by atoms with Gasteiger partial charge < -0.3 is 8.92 Å². The fourth-order valence-corrected chi connectivity index (χ4v) is 1.64. The molecule has 0 amide bonds. The Balaban J connectivity index is 2.11. The minimum atomic E-state index is -2.34. The fraction of sp³-hybridized carbons (Fsp3) is 0. The smallest absolute Gasteiger partial charge is 0.357 e. The van der Waals surface area contributed by atoms with E-state index in [1.807, 2.05) is 0 Å². The van der Waals surface area contributed by atoms with Crippen molar-refractivity contribution in [3.05, 3.63) is 47.6 Å². The van der Waals surface area contributed by atoms with Crippen molar-refractivity contribution in [2.24, 2.45) is 0 Å². The molecular formula is C11H8ClNO4S. The molecule has 0 bridgehead atoms. The molecule has 0 saturated carbocycles. The van der Waals surface area contributed by atoms with Crippen molar-refractivity contribution >= 4 is 23.0 Å². The first-order valence-electron chi connectivity index (χ1n) is 4.83. The molecule has 1 N–H and O–H groups in total. The van der Waals surface area contributed by atoms with Gasteiger partial charge in [0.2, 0.25) is 5.88 Å². The van der Waals surface area contributed by atoms with Gasteiger partial charge in [-0.3, -0.25) is 4.55 Å². The molecule has 1 heterocycles. The van der Waals surface area contributed by atoms with E-state index in [2.05, 4.69) is 9.17 Å². The van der Waals surface area contributed by atoms with Gasteiger partial charge in [0.05, 0.1) is 0 Å². The predicted molar refractivity (Wildman–Crippen MR) is 67.2 cm³/mol. The summed E-state index contributed by atoms with van der Waals surface area (Å²) < 4.78 is 29.0. The highest BCUT2D eigenvalue weighted by molar-refractivity contribution is 7.74. The number of aromatic nitrogens is 1. The number of benzene rings is 1. The van der Waals surface area contributed by atoms with Gasteiger partial charge in [0.15, 0.2) is 0 Å². The van der Waals surface area contributed by atoms with Crippen LogP contribution < -0.4 is 8.92 Å². The van der Waals surface area contributed by atoms with Crippen molar-refractivity contribution in [1.82, 2.24) is 4.98 Å². The number of halogens is 1. The molecule has 0 aliphatic carbocycles. The van der Waals surface area contributed by atoms with E-state index < -0.39 is 11.4 Å². The number of ether oxygens (including phenoxy) is 1. The summed E-state index contributed by atoms with van der Waals surface area (Å²) >= 11 is 3.55. The maximum atomic E-state index is 10.4. The zero-order chi connectivity index (χ0) is 13.0. The van der Waals surface area contributed by atoms with E-state index in [9.17, 15) is 4.21 Å². The van der Waals surface area contributed by atoms with Crippen molar-refractivity contribution in [3.8, 4) is 17.4 Å². The van der Waals surface area contributed by atoms with Crippen LogP contribution in [0.25, 0.3) is 0 Å². The van der Waals surface area contributed by atoms with Crippen LogP contribution >= 0.6 is 11.6 Å². The molecule has 0 aliphatic rings. The van der Waals surface area contributed by atoms with Crippen molar-refractivity contribution < 1.29 is 17.7 Å². The van der Waals surface area contributed by atoms with Crippen LogP contribution in [0.3, 0.4) is 0 Å². The van der Waals surface area contributed by atoms with E-state index in [0.29, 0.717) is 16.7 Å².